The average Bonchev–Trinajstić information content (AvgIpc) is 2.31. The second-order valence-electron chi connectivity index (χ2n) is 4.50. The Kier molecular flexibility index (Phi) is 5.45. The molecule has 0 aliphatic rings. The molecular formula is C13H17Cl2NO2. The molecule has 3 nitrogen and oxygen atoms in total. The largest absolute Gasteiger partial charge is 0.481 e. The van der Waals surface area contributed by atoms with Gasteiger partial charge in [-0.15, -0.1) is 0 Å². The monoisotopic (exact) mass is 289 g/mol. The van der Waals surface area contributed by atoms with Crippen LogP contribution in [0.25, 0.3) is 0 Å². The predicted octanol–water partition coefficient (Wildman–Crippen LogP) is 3.71. The zero-order valence-corrected chi connectivity index (χ0v) is 12.2. The van der Waals surface area contributed by atoms with Crippen molar-refractivity contribution in [2.45, 2.75) is 19.9 Å². The zero-order chi connectivity index (χ0) is 13.9. The maximum absolute atomic E-state index is 10.8. The molecule has 0 heterocycles. The quantitative estimate of drug-likeness (QED) is 0.898. The average molecular weight is 290 g/mol. The molecule has 1 rings (SSSR count). The van der Waals surface area contributed by atoms with E-state index in [9.17, 15) is 4.79 Å². The van der Waals surface area contributed by atoms with Crippen LogP contribution in [0.2, 0.25) is 10.0 Å². The van der Waals surface area contributed by atoms with Gasteiger partial charge in [-0.1, -0.05) is 42.3 Å². The lowest BCUT2D eigenvalue weighted by Crippen LogP contribution is -2.30. The minimum Gasteiger partial charge on any atom is -0.481 e. The summed E-state index contributed by atoms with van der Waals surface area (Å²) in [5.74, 6) is -1.22. The second-order valence-corrected chi connectivity index (χ2v) is 5.28. The molecule has 1 N–H and O–H groups in total. The lowest BCUT2D eigenvalue weighted by molar-refractivity contribution is -0.141. The molecule has 2 atom stereocenters. The molecule has 0 amide bonds. The minimum absolute atomic E-state index is 0.0120. The molecule has 0 radical (unpaired) electrons. The molecule has 0 aliphatic carbocycles. The van der Waals surface area contributed by atoms with Crippen LogP contribution >= 0.6 is 23.2 Å². The van der Waals surface area contributed by atoms with E-state index in [1.165, 1.54) is 0 Å². The number of benzene rings is 1. The van der Waals surface area contributed by atoms with E-state index < -0.39 is 11.9 Å². The fraction of sp³-hybridized carbons (Fsp3) is 0.462. The van der Waals surface area contributed by atoms with Crippen molar-refractivity contribution in [3.63, 3.8) is 0 Å². The Balaban J connectivity index is 2.83. The molecule has 2 unspecified atom stereocenters. The van der Waals surface area contributed by atoms with Crippen LogP contribution in [0.5, 0.6) is 0 Å². The van der Waals surface area contributed by atoms with Gasteiger partial charge in [-0.2, -0.15) is 0 Å². The second kappa shape index (κ2) is 6.41. The van der Waals surface area contributed by atoms with Gasteiger partial charge in [0.2, 0.25) is 0 Å². The highest BCUT2D eigenvalue weighted by molar-refractivity contribution is 6.42. The number of carboxylic acids is 1. The Morgan fingerprint density at radius 1 is 1.39 bits per heavy atom. The molecule has 0 aromatic heterocycles. The maximum atomic E-state index is 10.8. The Morgan fingerprint density at radius 2 is 2.00 bits per heavy atom. The van der Waals surface area contributed by atoms with E-state index in [2.05, 4.69) is 0 Å². The number of hydrogen-bond acceptors (Lipinski definition) is 2. The van der Waals surface area contributed by atoms with Gasteiger partial charge in [-0.25, -0.2) is 0 Å². The summed E-state index contributed by atoms with van der Waals surface area (Å²) in [5, 5.41) is 9.95. The van der Waals surface area contributed by atoms with Crippen LogP contribution in [-0.2, 0) is 4.79 Å². The van der Waals surface area contributed by atoms with Gasteiger partial charge in [0.25, 0.3) is 0 Å². The standard InChI is InChI=1S/C13H17Cl2NO2/c1-8(13(17)18)7-16(3)9(2)10-5-4-6-11(14)12(10)15/h4-6,8-9H,7H2,1-3H3,(H,17,18). The highest BCUT2D eigenvalue weighted by atomic mass is 35.5. The highest BCUT2D eigenvalue weighted by Crippen LogP contribution is 2.32. The van der Waals surface area contributed by atoms with Gasteiger partial charge in [-0.05, 0) is 25.6 Å². The Bertz CT molecular complexity index is 437. The number of nitrogens with zero attached hydrogens (tertiary/aromatic N) is 1. The summed E-state index contributed by atoms with van der Waals surface area (Å²) in [7, 11) is 1.88. The van der Waals surface area contributed by atoms with Gasteiger partial charge in [0.1, 0.15) is 0 Å². The van der Waals surface area contributed by atoms with Crippen molar-refractivity contribution in [1.29, 1.82) is 0 Å². The first-order valence-electron chi connectivity index (χ1n) is 5.71. The van der Waals surface area contributed by atoms with Crippen molar-refractivity contribution in [2.24, 2.45) is 5.92 Å². The van der Waals surface area contributed by atoms with Crippen molar-refractivity contribution in [1.82, 2.24) is 4.90 Å². The molecule has 1 aromatic rings. The number of aliphatic carboxylic acids is 1. The first-order chi connectivity index (χ1) is 8.34. The number of carboxylic acid groups (broad SMARTS) is 1. The van der Waals surface area contributed by atoms with Crippen molar-refractivity contribution >= 4 is 29.2 Å². The van der Waals surface area contributed by atoms with Gasteiger partial charge < -0.3 is 5.11 Å². The van der Waals surface area contributed by atoms with Crippen LogP contribution in [0.1, 0.15) is 25.5 Å². The molecule has 0 spiro atoms. The van der Waals surface area contributed by atoms with E-state index in [0.717, 1.165) is 5.56 Å². The molecule has 0 bridgehead atoms. The number of rotatable bonds is 5. The number of halogens is 2. The first-order valence-corrected chi connectivity index (χ1v) is 6.47. The summed E-state index contributed by atoms with van der Waals surface area (Å²) in [4.78, 5) is 12.8. The Labute approximate surface area is 117 Å². The number of hydrogen-bond donors (Lipinski definition) is 1. The van der Waals surface area contributed by atoms with Crippen LogP contribution < -0.4 is 0 Å². The molecule has 100 valence electrons. The molecule has 0 aliphatic heterocycles. The molecule has 1 aromatic carbocycles. The van der Waals surface area contributed by atoms with Crippen LogP contribution in [-0.4, -0.2) is 29.6 Å². The SMILES string of the molecule is CC(CN(C)C(C)c1cccc(Cl)c1Cl)C(=O)O. The molecular weight excluding hydrogens is 273 g/mol. The van der Waals surface area contributed by atoms with Gasteiger partial charge in [-0.3, -0.25) is 9.69 Å². The van der Waals surface area contributed by atoms with Crippen molar-refractivity contribution in [3.8, 4) is 0 Å². The van der Waals surface area contributed by atoms with Crippen LogP contribution in [0, 0.1) is 5.92 Å². The zero-order valence-electron chi connectivity index (χ0n) is 10.7. The normalized spacial score (nSPS) is 14.6. The molecule has 0 saturated carbocycles. The summed E-state index contributed by atoms with van der Waals surface area (Å²) in [6.45, 7) is 4.12. The number of carbonyl (C=O) groups is 1. The first kappa shape index (κ1) is 15.3. The molecule has 0 fully saturated rings. The summed E-state index contributed by atoms with van der Waals surface area (Å²) in [6.07, 6.45) is 0. The predicted molar refractivity (Wildman–Crippen MR) is 74.3 cm³/mol. The topological polar surface area (TPSA) is 40.5 Å². The smallest absolute Gasteiger partial charge is 0.307 e. The summed E-state index contributed by atoms with van der Waals surface area (Å²) in [6, 6.07) is 5.49. The van der Waals surface area contributed by atoms with E-state index in [1.54, 1.807) is 13.0 Å². The third kappa shape index (κ3) is 3.61. The van der Waals surface area contributed by atoms with Gasteiger partial charge in [0.15, 0.2) is 0 Å². The van der Waals surface area contributed by atoms with Crippen LogP contribution in [0.4, 0.5) is 0 Å². The van der Waals surface area contributed by atoms with Gasteiger partial charge >= 0.3 is 5.97 Å². The van der Waals surface area contributed by atoms with Crippen LogP contribution in [0.3, 0.4) is 0 Å². The third-order valence-electron chi connectivity index (χ3n) is 3.08. The lowest BCUT2D eigenvalue weighted by Gasteiger charge is -2.27. The fourth-order valence-electron chi connectivity index (χ4n) is 1.75. The summed E-state index contributed by atoms with van der Waals surface area (Å²) >= 11 is 12.1. The van der Waals surface area contributed by atoms with E-state index in [1.807, 2.05) is 31.0 Å². The van der Waals surface area contributed by atoms with E-state index >= 15 is 0 Å². The maximum Gasteiger partial charge on any atom is 0.307 e. The van der Waals surface area contributed by atoms with Gasteiger partial charge in [0, 0.05) is 12.6 Å². The molecule has 18 heavy (non-hydrogen) atoms. The Morgan fingerprint density at radius 3 is 2.56 bits per heavy atom. The van der Waals surface area contributed by atoms with Crippen molar-refractivity contribution in [2.75, 3.05) is 13.6 Å². The minimum atomic E-state index is -0.800. The molecule has 5 heteroatoms. The van der Waals surface area contributed by atoms with E-state index in [0.29, 0.717) is 16.6 Å². The summed E-state index contributed by atoms with van der Waals surface area (Å²) in [5.41, 5.74) is 0.907. The lowest BCUT2D eigenvalue weighted by atomic mass is 10.1. The van der Waals surface area contributed by atoms with E-state index in [-0.39, 0.29) is 6.04 Å². The van der Waals surface area contributed by atoms with Gasteiger partial charge in [0.05, 0.1) is 16.0 Å². The molecule has 0 saturated heterocycles. The van der Waals surface area contributed by atoms with Crippen molar-refractivity contribution in [3.05, 3.63) is 33.8 Å². The fourth-order valence-corrected chi connectivity index (χ4v) is 2.21. The van der Waals surface area contributed by atoms with E-state index in [4.69, 9.17) is 28.3 Å². The van der Waals surface area contributed by atoms with Crippen molar-refractivity contribution < 1.29 is 9.90 Å². The third-order valence-corrected chi connectivity index (χ3v) is 3.91. The Hall–Kier alpha value is -0.770. The van der Waals surface area contributed by atoms with Crippen LogP contribution in [0.15, 0.2) is 18.2 Å². The highest BCUT2D eigenvalue weighted by Gasteiger charge is 2.20. The summed E-state index contributed by atoms with van der Waals surface area (Å²) < 4.78 is 0.